The van der Waals surface area contributed by atoms with Crippen molar-refractivity contribution in [3.63, 3.8) is 0 Å². The molecule has 0 saturated carbocycles. The van der Waals surface area contributed by atoms with E-state index in [-0.39, 0.29) is 0 Å². The van der Waals surface area contributed by atoms with Crippen LogP contribution < -0.4 is 4.72 Å². The summed E-state index contributed by atoms with van der Waals surface area (Å²) in [5.41, 5.74) is 3.00. The molecule has 0 radical (unpaired) electrons. The molecule has 4 nitrogen and oxygen atoms in total. The van der Waals surface area contributed by atoms with Gasteiger partial charge in [-0.05, 0) is 48.7 Å². The summed E-state index contributed by atoms with van der Waals surface area (Å²) < 4.78 is 28.8. The van der Waals surface area contributed by atoms with Crippen LogP contribution in [0.4, 0.5) is 0 Å². The first kappa shape index (κ1) is 13.8. The molecule has 5 heteroatoms. The summed E-state index contributed by atoms with van der Waals surface area (Å²) in [5.74, 6) is 0. The third-order valence-electron chi connectivity index (χ3n) is 3.15. The van der Waals surface area contributed by atoms with Gasteiger partial charge in [0.05, 0.1) is 4.90 Å². The van der Waals surface area contributed by atoms with Gasteiger partial charge in [-0.15, -0.1) is 0 Å². The molecule has 0 bridgehead atoms. The van der Waals surface area contributed by atoms with Crippen LogP contribution in [0, 0.1) is 13.8 Å². The SMILES string of the molecule is Cc1ccc(S(=O)(=O)NCc2ccn(C)c2)cc1C. The van der Waals surface area contributed by atoms with Gasteiger partial charge in [0.15, 0.2) is 0 Å². The molecule has 0 aliphatic rings. The summed E-state index contributed by atoms with van der Waals surface area (Å²) >= 11 is 0. The van der Waals surface area contributed by atoms with Crippen LogP contribution in [-0.2, 0) is 23.6 Å². The van der Waals surface area contributed by atoms with Crippen molar-refractivity contribution >= 4 is 10.0 Å². The van der Waals surface area contributed by atoms with Crippen molar-refractivity contribution < 1.29 is 8.42 Å². The molecular formula is C14H18N2O2S. The van der Waals surface area contributed by atoms with Crippen LogP contribution in [0.15, 0.2) is 41.6 Å². The number of aryl methyl sites for hydroxylation is 3. The Kier molecular flexibility index (Phi) is 3.78. The molecule has 0 atom stereocenters. The van der Waals surface area contributed by atoms with Gasteiger partial charge < -0.3 is 4.57 Å². The Bertz CT molecular complexity index is 687. The Morgan fingerprint density at radius 1 is 1.16 bits per heavy atom. The Balaban J connectivity index is 2.16. The second-order valence-electron chi connectivity index (χ2n) is 4.76. The first-order valence-corrected chi connectivity index (χ1v) is 7.54. The molecule has 2 aromatic rings. The van der Waals surface area contributed by atoms with Crippen LogP contribution >= 0.6 is 0 Å². The fraction of sp³-hybridized carbons (Fsp3) is 0.286. The van der Waals surface area contributed by atoms with Crippen LogP contribution in [0.3, 0.4) is 0 Å². The number of hydrogen-bond donors (Lipinski definition) is 1. The first-order valence-electron chi connectivity index (χ1n) is 6.06. The lowest BCUT2D eigenvalue weighted by Crippen LogP contribution is -2.23. The number of sulfonamides is 1. The molecule has 0 fully saturated rings. The molecule has 19 heavy (non-hydrogen) atoms. The van der Waals surface area contributed by atoms with E-state index >= 15 is 0 Å². The lowest BCUT2D eigenvalue weighted by Gasteiger charge is -2.08. The predicted octanol–water partition coefficient (Wildman–Crippen LogP) is 2.12. The maximum Gasteiger partial charge on any atom is 0.240 e. The quantitative estimate of drug-likeness (QED) is 0.931. The molecular weight excluding hydrogens is 260 g/mol. The van der Waals surface area contributed by atoms with Crippen molar-refractivity contribution in [3.05, 3.63) is 53.3 Å². The van der Waals surface area contributed by atoms with Gasteiger partial charge in [0.2, 0.25) is 10.0 Å². The van der Waals surface area contributed by atoms with Crippen molar-refractivity contribution in [2.45, 2.75) is 25.3 Å². The fourth-order valence-corrected chi connectivity index (χ4v) is 2.91. The van der Waals surface area contributed by atoms with E-state index < -0.39 is 10.0 Å². The number of benzene rings is 1. The van der Waals surface area contributed by atoms with Crippen molar-refractivity contribution in [2.75, 3.05) is 0 Å². The lowest BCUT2D eigenvalue weighted by molar-refractivity contribution is 0.581. The monoisotopic (exact) mass is 278 g/mol. The summed E-state index contributed by atoms with van der Waals surface area (Å²) in [7, 11) is -1.54. The molecule has 1 heterocycles. The molecule has 1 aromatic heterocycles. The number of rotatable bonds is 4. The van der Waals surface area contributed by atoms with E-state index in [2.05, 4.69) is 4.72 Å². The molecule has 1 aromatic carbocycles. The number of aromatic nitrogens is 1. The van der Waals surface area contributed by atoms with E-state index in [1.807, 2.05) is 50.0 Å². The van der Waals surface area contributed by atoms with E-state index in [9.17, 15) is 8.42 Å². The normalized spacial score (nSPS) is 11.7. The van der Waals surface area contributed by atoms with Gasteiger partial charge in [0.25, 0.3) is 0 Å². The molecule has 0 aliphatic heterocycles. The maximum atomic E-state index is 12.2. The van der Waals surface area contributed by atoms with Crippen molar-refractivity contribution in [1.82, 2.24) is 9.29 Å². The van der Waals surface area contributed by atoms with E-state index in [1.165, 1.54) is 0 Å². The summed E-state index contributed by atoms with van der Waals surface area (Å²) in [6, 6.07) is 7.05. The molecule has 0 amide bonds. The van der Waals surface area contributed by atoms with Crippen molar-refractivity contribution in [2.24, 2.45) is 7.05 Å². The maximum absolute atomic E-state index is 12.2. The number of nitrogens with one attached hydrogen (secondary N) is 1. The minimum Gasteiger partial charge on any atom is -0.357 e. The molecule has 102 valence electrons. The van der Waals surface area contributed by atoms with Crippen LogP contribution in [0.1, 0.15) is 16.7 Å². The number of hydrogen-bond acceptors (Lipinski definition) is 2. The predicted molar refractivity (Wildman–Crippen MR) is 75.4 cm³/mol. The van der Waals surface area contributed by atoms with E-state index in [0.717, 1.165) is 16.7 Å². The second-order valence-corrected chi connectivity index (χ2v) is 6.52. The van der Waals surface area contributed by atoms with Gasteiger partial charge in [0.1, 0.15) is 0 Å². The highest BCUT2D eigenvalue weighted by atomic mass is 32.2. The standard InChI is InChI=1S/C14H18N2O2S/c1-11-4-5-14(8-12(11)2)19(17,18)15-9-13-6-7-16(3)10-13/h4-8,10,15H,9H2,1-3H3. The highest BCUT2D eigenvalue weighted by Gasteiger charge is 2.14. The van der Waals surface area contributed by atoms with E-state index in [4.69, 9.17) is 0 Å². The zero-order chi connectivity index (χ0) is 14.0. The fourth-order valence-electron chi connectivity index (χ4n) is 1.81. The topological polar surface area (TPSA) is 51.1 Å². The second kappa shape index (κ2) is 5.19. The largest absolute Gasteiger partial charge is 0.357 e. The van der Waals surface area contributed by atoms with Gasteiger partial charge in [-0.3, -0.25) is 0 Å². The number of nitrogens with zero attached hydrogens (tertiary/aromatic N) is 1. The first-order chi connectivity index (χ1) is 8.88. The molecule has 2 rings (SSSR count). The van der Waals surface area contributed by atoms with Crippen LogP contribution in [0.2, 0.25) is 0 Å². The summed E-state index contributed by atoms with van der Waals surface area (Å²) in [6.07, 6.45) is 3.78. The summed E-state index contributed by atoms with van der Waals surface area (Å²) in [4.78, 5) is 0.312. The van der Waals surface area contributed by atoms with Gasteiger partial charge in [-0.2, -0.15) is 0 Å². The minimum absolute atomic E-state index is 0.302. The summed E-state index contributed by atoms with van der Waals surface area (Å²) in [6.45, 7) is 4.17. The molecule has 0 unspecified atom stereocenters. The Morgan fingerprint density at radius 2 is 1.89 bits per heavy atom. The van der Waals surface area contributed by atoms with Crippen LogP contribution in [-0.4, -0.2) is 13.0 Å². The van der Waals surface area contributed by atoms with Crippen molar-refractivity contribution in [3.8, 4) is 0 Å². The van der Waals surface area contributed by atoms with Crippen LogP contribution in [0.25, 0.3) is 0 Å². The van der Waals surface area contributed by atoms with Gasteiger partial charge in [-0.25, -0.2) is 13.1 Å². The third-order valence-corrected chi connectivity index (χ3v) is 4.55. The smallest absolute Gasteiger partial charge is 0.240 e. The highest BCUT2D eigenvalue weighted by Crippen LogP contribution is 2.15. The Hall–Kier alpha value is -1.59. The highest BCUT2D eigenvalue weighted by molar-refractivity contribution is 7.89. The van der Waals surface area contributed by atoms with Gasteiger partial charge in [-0.1, -0.05) is 6.07 Å². The average Bonchev–Trinajstić information content (AvgIpc) is 2.76. The molecule has 0 saturated heterocycles. The lowest BCUT2D eigenvalue weighted by atomic mass is 10.1. The zero-order valence-electron chi connectivity index (χ0n) is 11.3. The molecule has 0 spiro atoms. The van der Waals surface area contributed by atoms with Crippen molar-refractivity contribution in [1.29, 1.82) is 0 Å². The van der Waals surface area contributed by atoms with E-state index in [0.29, 0.717) is 11.4 Å². The Morgan fingerprint density at radius 3 is 2.47 bits per heavy atom. The third kappa shape index (κ3) is 3.24. The van der Waals surface area contributed by atoms with Crippen LogP contribution in [0.5, 0.6) is 0 Å². The molecule has 1 N–H and O–H groups in total. The minimum atomic E-state index is -3.45. The van der Waals surface area contributed by atoms with E-state index in [1.54, 1.807) is 12.1 Å². The zero-order valence-corrected chi connectivity index (χ0v) is 12.2. The van der Waals surface area contributed by atoms with Gasteiger partial charge in [0, 0.05) is 26.0 Å². The van der Waals surface area contributed by atoms with Gasteiger partial charge >= 0.3 is 0 Å². The average molecular weight is 278 g/mol. The molecule has 0 aliphatic carbocycles. The summed E-state index contributed by atoms with van der Waals surface area (Å²) in [5, 5.41) is 0. The Labute approximate surface area is 114 Å².